The second-order valence-electron chi connectivity index (χ2n) is 6.56. The van der Waals surface area contributed by atoms with Gasteiger partial charge in [0.25, 0.3) is 0 Å². The molecular weight excluding hydrogens is 240 g/mol. The SMILES string of the molecule is O=C(C1CC12CCNCC2)N1CCCCC1CCO. The van der Waals surface area contributed by atoms with Crippen molar-refractivity contribution in [2.75, 3.05) is 26.2 Å². The zero-order valence-corrected chi connectivity index (χ0v) is 11.7. The Hall–Kier alpha value is -0.610. The summed E-state index contributed by atoms with van der Waals surface area (Å²) in [5.74, 6) is 0.675. The van der Waals surface area contributed by atoms with Crippen LogP contribution in [0.3, 0.4) is 0 Å². The minimum atomic E-state index is 0.203. The van der Waals surface area contributed by atoms with Crippen LogP contribution in [0.25, 0.3) is 0 Å². The molecule has 0 aromatic rings. The van der Waals surface area contributed by atoms with E-state index in [-0.39, 0.29) is 12.5 Å². The molecule has 1 spiro atoms. The minimum absolute atomic E-state index is 0.203. The van der Waals surface area contributed by atoms with E-state index in [0.717, 1.165) is 45.3 Å². The van der Waals surface area contributed by atoms with Gasteiger partial charge in [-0.1, -0.05) is 0 Å². The van der Waals surface area contributed by atoms with Crippen LogP contribution >= 0.6 is 0 Å². The highest BCUT2D eigenvalue weighted by Crippen LogP contribution is 2.59. The lowest BCUT2D eigenvalue weighted by atomic mass is 9.90. The first-order valence-electron chi connectivity index (χ1n) is 7.89. The van der Waals surface area contributed by atoms with Crippen molar-refractivity contribution in [3.8, 4) is 0 Å². The zero-order chi connectivity index (χ0) is 13.3. The monoisotopic (exact) mass is 266 g/mol. The van der Waals surface area contributed by atoms with Crippen LogP contribution in [0.2, 0.25) is 0 Å². The number of rotatable bonds is 3. The van der Waals surface area contributed by atoms with Crippen molar-refractivity contribution < 1.29 is 9.90 Å². The smallest absolute Gasteiger partial charge is 0.226 e. The van der Waals surface area contributed by atoms with Gasteiger partial charge in [0, 0.05) is 25.1 Å². The molecule has 1 saturated carbocycles. The van der Waals surface area contributed by atoms with Crippen molar-refractivity contribution in [1.82, 2.24) is 10.2 Å². The molecule has 3 aliphatic rings. The highest BCUT2D eigenvalue weighted by atomic mass is 16.3. The summed E-state index contributed by atoms with van der Waals surface area (Å²) in [5.41, 5.74) is 0.337. The number of piperidine rings is 2. The molecule has 4 heteroatoms. The number of likely N-dealkylation sites (tertiary alicyclic amines) is 1. The average Bonchev–Trinajstić information content (AvgIpc) is 3.13. The Morgan fingerprint density at radius 1 is 1.32 bits per heavy atom. The summed E-state index contributed by atoms with van der Waals surface area (Å²) in [5, 5.41) is 12.6. The third-order valence-corrected chi connectivity index (χ3v) is 5.46. The van der Waals surface area contributed by atoms with E-state index in [1.807, 2.05) is 0 Å². The zero-order valence-electron chi connectivity index (χ0n) is 11.7. The fraction of sp³-hybridized carbons (Fsp3) is 0.933. The van der Waals surface area contributed by atoms with E-state index >= 15 is 0 Å². The molecule has 0 radical (unpaired) electrons. The largest absolute Gasteiger partial charge is 0.396 e. The van der Waals surface area contributed by atoms with Gasteiger partial charge in [0.15, 0.2) is 0 Å². The number of hydrogen-bond donors (Lipinski definition) is 2. The summed E-state index contributed by atoms with van der Waals surface area (Å²) in [4.78, 5) is 14.8. The Kier molecular flexibility index (Phi) is 3.81. The molecule has 0 aromatic heterocycles. The lowest BCUT2D eigenvalue weighted by Gasteiger charge is -2.36. The van der Waals surface area contributed by atoms with Gasteiger partial charge in [0.1, 0.15) is 0 Å². The number of nitrogens with one attached hydrogen (secondary N) is 1. The standard InChI is InChI=1S/C15H26N2O2/c18-10-4-12-3-1-2-9-17(12)14(19)13-11-15(13)5-7-16-8-6-15/h12-13,16,18H,1-11H2. The maximum Gasteiger partial charge on any atom is 0.226 e. The minimum Gasteiger partial charge on any atom is -0.396 e. The van der Waals surface area contributed by atoms with Gasteiger partial charge in [-0.25, -0.2) is 0 Å². The number of amides is 1. The molecule has 2 N–H and O–H groups in total. The Bertz CT molecular complexity index is 337. The van der Waals surface area contributed by atoms with E-state index in [2.05, 4.69) is 10.2 Å². The van der Waals surface area contributed by atoms with E-state index in [0.29, 0.717) is 17.4 Å². The van der Waals surface area contributed by atoms with Gasteiger partial charge >= 0.3 is 0 Å². The van der Waals surface area contributed by atoms with Crippen molar-refractivity contribution in [1.29, 1.82) is 0 Å². The van der Waals surface area contributed by atoms with E-state index < -0.39 is 0 Å². The fourth-order valence-electron chi connectivity index (χ4n) is 4.11. The first-order valence-corrected chi connectivity index (χ1v) is 7.89. The number of carbonyl (C=O) groups excluding carboxylic acids is 1. The number of aliphatic hydroxyl groups excluding tert-OH is 1. The second kappa shape index (κ2) is 5.41. The molecule has 2 unspecified atom stereocenters. The third-order valence-electron chi connectivity index (χ3n) is 5.46. The Labute approximate surface area is 115 Å². The summed E-state index contributed by atoms with van der Waals surface area (Å²) in [7, 11) is 0. The molecule has 2 heterocycles. The van der Waals surface area contributed by atoms with Crippen molar-refractivity contribution in [3.63, 3.8) is 0 Å². The normalized spacial score (nSPS) is 33.4. The van der Waals surface area contributed by atoms with Gasteiger partial charge in [-0.3, -0.25) is 4.79 Å². The van der Waals surface area contributed by atoms with Crippen LogP contribution in [-0.2, 0) is 4.79 Å². The topological polar surface area (TPSA) is 52.6 Å². The summed E-state index contributed by atoms with van der Waals surface area (Å²) < 4.78 is 0. The van der Waals surface area contributed by atoms with Gasteiger partial charge in [0.05, 0.1) is 0 Å². The summed E-state index contributed by atoms with van der Waals surface area (Å²) >= 11 is 0. The molecule has 3 rings (SSSR count). The maximum absolute atomic E-state index is 12.7. The lowest BCUT2D eigenvalue weighted by Crippen LogP contribution is -2.46. The molecule has 0 bridgehead atoms. The van der Waals surface area contributed by atoms with E-state index in [9.17, 15) is 4.79 Å². The molecule has 1 aliphatic carbocycles. The van der Waals surface area contributed by atoms with Gasteiger partial charge in [-0.15, -0.1) is 0 Å². The van der Waals surface area contributed by atoms with Crippen LogP contribution in [0, 0.1) is 11.3 Å². The Morgan fingerprint density at radius 2 is 2.11 bits per heavy atom. The number of carbonyl (C=O) groups is 1. The highest BCUT2D eigenvalue weighted by molar-refractivity contribution is 5.83. The molecule has 3 fully saturated rings. The number of aliphatic hydroxyl groups is 1. The molecule has 2 aliphatic heterocycles. The third kappa shape index (κ3) is 2.52. The average molecular weight is 266 g/mol. The van der Waals surface area contributed by atoms with Crippen LogP contribution in [0.5, 0.6) is 0 Å². The molecule has 4 nitrogen and oxygen atoms in total. The second-order valence-corrected chi connectivity index (χ2v) is 6.56. The molecule has 2 atom stereocenters. The molecular formula is C15H26N2O2. The van der Waals surface area contributed by atoms with E-state index in [4.69, 9.17) is 5.11 Å². The van der Waals surface area contributed by atoms with Gasteiger partial charge in [-0.2, -0.15) is 0 Å². The number of nitrogens with zero attached hydrogens (tertiary/aromatic N) is 1. The van der Waals surface area contributed by atoms with Crippen LogP contribution in [-0.4, -0.2) is 48.2 Å². The van der Waals surface area contributed by atoms with Crippen molar-refractivity contribution >= 4 is 5.91 Å². The van der Waals surface area contributed by atoms with Crippen molar-refractivity contribution in [3.05, 3.63) is 0 Å². The summed E-state index contributed by atoms with van der Waals surface area (Å²) in [6.45, 7) is 3.26. The fourth-order valence-corrected chi connectivity index (χ4v) is 4.11. The Balaban J connectivity index is 1.63. The maximum atomic E-state index is 12.7. The van der Waals surface area contributed by atoms with E-state index in [1.54, 1.807) is 0 Å². The molecule has 1 amide bonds. The summed E-state index contributed by atoms with van der Waals surface area (Å²) in [6.07, 6.45) is 7.61. The lowest BCUT2D eigenvalue weighted by molar-refractivity contribution is -0.137. The molecule has 2 saturated heterocycles. The molecule has 19 heavy (non-hydrogen) atoms. The molecule has 0 aromatic carbocycles. The van der Waals surface area contributed by atoms with Crippen molar-refractivity contribution in [2.45, 2.75) is 51.0 Å². The van der Waals surface area contributed by atoms with Gasteiger partial charge in [0.2, 0.25) is 5.91 Å². The van der Waals surface area contributed by atoms with Crippen LogP contribution < -0.4 is 5.32 Å². The predicted octanol–water partition coefficient (Wildman–Crippen LogP) is 1.14. The molecule has 108 valence electrons. The van der Waals surface area contributed by atoms with Gasteiger partial charge in [-0.05, 0) is 63.5 Å². The van der Waals surface area contributed by atoms with Crippen LogP contribution in [0.4, 0.5) is 0 Å². The Morgan fingerprint density at radius 3 is 2.84 bits per heavy atom. The van der Waals surface area contributed by atoms with Gasteiger partial charge < -0.3 is 15.3 Å². The first kappa shape index (κ1) is 13.4. The van der Waals surface area contributed by atoms with Crippen LogP contribution in [0.15, 0.2) is 0 Å². The quantitative estimate of drug-likeness (QED) is 0.805. The van der Waals surface area contributed by atoms with E-state index in [1.165, 1.54) is 19.3 Å². The van der Waals surface area contributed by atoms with Crippen molar-refractivity contribution in [2.24, 2.45) is 11.3 Å². The summed E-state index contributed by atoms with van der Waals surface area (Å²) in [6, 6.07) is 0.297. The predicted molar refractivity (Wildman–Crippen MR) is 73.7 cm³/mol. The number of hydrogen-bond acceptors (Lipinski definition) is 3. The highest BCUT2D eigenvalue weighted by Gasteiger charge is 2.58. The first-order chi connectivity index (χ1) is 9.27. The van der Waals surface area contributed by atoms with Crippen LogP contribution in [0.1, 0.15) is 44.9 Å².